The molecule has 2 aromatic heterocycles. The molecule has 1 atom stereocenters. The zero-order chi connectivity index (χ0) is 32.6. The number of fused-ring (bicyclic) bond motifs is 1. The van der Waals surface area contributed by atoms with Gasteiger partial charge in [-0.3, -0.25) is 28.4 Å². The molecule has 45 heavy (non-hydrogen) atoms. The van der Waals surface area contributed by atoms with E-state index in [4.69, 9.17) is 16.6 Å². The Hall–Kier alpha value is -6.45. The number of carboxylic acids is 1. The zero-order valence-corrected chi connectivity index (χ0v) is 23.3. The average Bonchev–Trinajstić information content (AvgIpc) is 3.47. The van der Waals surface area contributed by atoms with Crippen molar-refractivity contribution in [3.05, 3.63) is 115 Å². The van der Waals surface area contributed by atoms with E-state index in [-0.39, 0.29) is 51.9 Å². The van der Waals surface area contributed by atoms with Crippen LogP contribution < -0.4 is 38.3 Å². The van der Waals surface area contributed by atoms with Gasteiger partial charge in [-0.2, -0.15) is 0 Å². The van der Waals surface area contributed by atoms with E-state index >= 15 is 0 Å². The van der Waals surface area contributed by atoms with Crippen LogP contribution in [0.2, 0.25) is 0 Å². The van der Waals surface area contributed by atoms with Crippen LogP contribution in [0.25, 0.3) is 5.65 Å². The maximum absolute atomic E-state index is 14.4. The molecule has 0 spiro atoms. The van der Waals surface area contributed by atoms with E-state index in [0.717, 1.165) is 12.4 Å². The number of carboxylic acid groups (broad SMARTS) is 1. The number of amides is 3. The van der Waals surface area contributed by atoms with Gasteiger partial charge < -0.3 is 32.5 Å². The first-order valence-corrected chi connectivity index (χ1v) is 13.1. The van der Waals surface area contributed by atoms with Crippen LogP contribution in [0, 0.1) is 5.82 Å². The van der Waals surface area contributed by atoms with Gasteiger partial charge in [-0.1, -0.05) is 18.2 Å². The number of aromatic carboxylic acids is 1. The van der Waals surface area contributed by atoms with Gasteiger partial charge in [-0.15, -0.1) is 0 Å². The van der Waals surface area contributed by atoms with Gasteiger partial charge in [0.15, 0.2) is 11.3 Å². The number of nitrogen functional groups attached to an aromatic ring is 1. The Morgan fingerprint density at radius 2 is 1.73 bits per heavy atom. The topological polar surface area (TPSA) is 241 Å². The number of hydrogen-bond donors (Lipinski definition) is 6. The Labute approximate surface area is 251 Å². The molecule has 16 heteroatoms. The Kier molecular flexibility index (Phi) is 7.79. The number of anilines is 3. The molecule has 228 valence electrons. The number of nitrogens with zero attached hydrogens (tertiary/aromatic N) is 3. The minimum Gasteiger partial charge on any atom is -0.478 e. The van der Waals surface area contributed by atoms with Crippen molar-refractivity contribution in [3.63, 3.8) is 0 Å². The number of primary amides is 1. The number of carbonyl (C=O) groups excluding carboxylic acids is 3. The third-order valence-corrected chi connectivity index (χ3v) is 6.90. The summed E-state index contributed by atoms with van der Waals surface area (Å²) in [5.41, 5.74) is 8.67. The SMILES string of the molecule is C[C@@H](NC(=O)c1cc(C(=O)NCc2ccc(F)c(Nc3c(N)c(=O)c3=O)c2)nc2c(C(N)=O)ncn12)c1ccc(C(=O)O)cc1. The van der Waals surface area contributed by atoms with Gasteiger partial charge in [0.25, 0.3) is 28.6 Å². The number of benzene rings is 2. The molecule has 5 rings (SSSR count). The van der Waals surface area contributed by atoms with E-state index in [1.165, 1.54) is 34.7 Å². The molecular weight excluding hydrogens is 591 g/mol. The van der Waals surface area contributed by atoms with Gasteiger partial charge in [0.2, 0.25) is 0 Å². The standard InChI is InChI=1S/C29H23FN8O7/c1-12(14-3-5-15(6-4-14)29(44)45)35-28(43)19-9-18(37-26-22(25(32)41)34-11-38(19)26)27(42)33-10-13-2-7-16(30)17(8-13)36-21-20(31)23(39)24(21)40/h2-9,11-12,36H,10,31H2,1H3,(H2,32,41)(H,33,42)(H,35,43)(H,44,45)/t12-/m1/s1. The highest BCUT2D eigenvalue weighted by molar-refractivity contribution is 6.01. The van der Waals surface area contributed by atoms with Gasteiger partial charge in [0, 0.05) is 6.54 Å². The molecule has 0 aliphatic rings. The van der Waals surface area contributed by atoms with Crippen LogP contribution in [0.3, 0.4) is 0 Å². The number of halogens is 1. The lowest BCUT2D eigenvalue weighted by molar-refractivity contribution is 0.0695. The lowest BCUT2D eigenvalue weighted by atomic mass is 10.1. The van der Waals surface area contributed by atoms with Crippen LogP contribution in [-0.4, -0.2) is 43.2 Å². The first-order chi connectivity index (χ1) is 21.3. The molecule has 8 N–H and O–H groups in total. The number of aromatic nitrogens is 3. The number of nitrogens with one attached hydrogen (secondary N) is 3. The van der Waals surface area contributed by atoms with Crippen molar-refractivity contribution >= 4 is 46.4 Å². The predicted octanol–water partition coefficient (Wildman–Crippen LogP) is 1.01. The van der Waals surface area contributed by atoms with Crippen LogP contribution in [0.1, 0.15) is 65.9 Å². The molecule has 0 fully saturated rings. The molecular formula is C29H23FN8O7. The Morgan fingerprint density at radius 1 is 1.02 bits per heavy atom. The molecule has 5 aromatic rings. The molecule has 0 saturated heterocycles. The summed E-state index contributed by atoms with van der Waals surface area (Å²) in [4.78, 5) is 80.9. The Bertz CT molecular complexity index is 2100. The maximum atomic E-state index is 14.4. The fraction of sp³-hybridized carbons (Fsp3) is 0.103. The third-order valence-electron chi connectivity index (χ3n) is 6.90. The minimum atomic E-state index is -1.10. The Morgan fingerprint density at radius 3 is 2.38 bits per heavy atom. The number of rotatable bonds is 10. The first-order valence-electron chi connectivity index (χ1n) is 13.1. The quantitative estimate of drug-likeness (QED) is 0.121. The second-order valence-electron chi connectivity index (χ2n) is 9.87. The van der Waals surface area contributed by atoms with Gasteiger partial charge in [-0.25, -0.2) is 19.2 Å². The summed E-state index contributed by atoms with van der Waals surface area (Å²) in [5, 5.41) is 16.9. The lowest BCUT2D eigenvalue weighted by Crippen LogP contribution is -2.36. The summed E-state index contributed by atoms with van der Waals surface area (Å²) in [5.74, 6) is -4.24. The number of hydrogen-bond acceptors (Lipinski definition) is 10. The summed E-state index contributed by atoms with van der Waals surface area (Å²) in [6, 6.07) is 10.2. The van der Waals surface area contributed by atoms with Gasteiger partial charge in [0.1, 0.15) is 34.9 Å². The summed E-state index contributed by atoms with van der Waals surface area (Å²) in [7, 11) is 0. The molecule has 0 bridgehead atoms. The van der Waals surface area contributed by atoms with E-state index in [1.807, 2.05) is 0 Å². The van der Waals surface area contributed by atoms with E-state index in [9.17, 15) is 33.2 Å². The van der Waals surface area contributed by atoms with Crippen molar-refractivity contribution in [2.45, 2.75) is 19.5 Å². The molecule has 15 nitrogen and oxygen atoms in total. The molecule has 0 saturated carbocycles. The molecule has 0 radical (unpaired) electrons. The van der Waals surface area contributed by atoms with Gasteiger partial charge in [-0.05, 0) is 48.4 Å². The second-order valence-corrected chi connectivity index (χ2v) is 9.87. The molecule has 2 heterocycles. The van der Waals surface area contributed by atoms with Crippen molar-refractivity contribution < 1.29 is 28.7 Å². The summed E-state index contributed by atoms with van der Waals surface area (Å²) in [6.07, 6.45) is 1.15. The third kappa shape index (κ3) is 5.79. The highest BCUT2D eigenvalue weighted by atomic mass is 19.1. The van der Waals surface area contributed by atoms with E-state index in [1.54, 1.807) is 19.1 Å². The molecule has 0 aliphatic carbocycles. The summed E-state index contributed by atoms with van der Waals surface area (Å²) >= 11 is 0. The van der Waals surface area contributed by atoms with Crippen LogP contribution >= 0.6 is 0 Å². The molecule has 0 unspecified atom stereocenters. The number of imidazole rings is 1. The summed E-state index contributed by atoms with van der Waals surface area (Å²) < 4.78 is 15.6. The van der Waals surface area contributed by atoms with Gasteiger partial charge in [0.05, 0.1) is 17.3 Å². The smallest absolute Gasteiger partial charge is 0.335 e. The largest absolute Gasteiger partial charge is 0.478 e. The van der Waals surface area contributed by atoms with E-state index < -0.39 is 46.4 Å². The van der Waals surface area contributed by atoms with Crippen LogP contribution in [-0.2, 0) is 6.54 Å². The van der Waals surface area contributed by atoms with Crippen LogP contribution in [0.15, 0.2) is 64.4 Å². The average molecular weight is 615 g/mol. The normalized spacial score (nSPS) is 11.7. The van der Waals surface area contributed by atoms with Gasteiger partial charge >= 0.3 is 5.97 Å². The molecule has 0 aliphatic heterocycles. The monoisotopic (exact) mass is 614 g/mol. The summed E-state index contributed by atoms with van der Waals surface area (Å²) in [6.45, 7) is 1.51. The van der Waals surface area contributed by atoms with Crippen molar-refractivity contribution in [1.29, 1.82) is 0 Å². The van der Waals surface area contributed by atoms with Crippen molar-refractivity contribution in [1.82, 2.24) is 25.0 Å². The fourth-order valence-electron chi connectivity index (χ4n) is 4.42. The van der Waals surface area contributed by atoms with E-state index in [2.05, 4.69) is 25.9 Å². The first kappa shape index (κ1) is 30.0. The highest BCUT2D eigenvalue weighted by Crippen LogP contribution is 2.23. The predicted molar refractivity (Wildman–Crippen MR) is 157 cm³/mol. The van der Waals surface area contributed by atoms with Crippen molar-refractivity contribution in [2.75, 3.05) is 11.1 Å². The van der Waals surface area contributed by atoms with Crippen LogP contribution in [0.5, 0.6) is 0 Å². The highest BCUT2D eigenvalue weighted by Gasteiger charge is 2.23. The second kappa shape index (κ2) is 11.7. The van der Waals surface area contributed by atoms with Crippen LogP contribution in [0.4, 0.5) is 21.5 Å². The van der Waals surface area contributed by atoms with Crippen molar-refractivity contribution in [2.24, 2.45) is 5.73 Å². The van der Waals surface area contributed by atoms with Crippen molar-refractivity contribution in [3.8, 4) is 0 Å². The Balaban J connectivity index is 1.38. The molecule has 3 amide bonds. The number of nitrogens with two attached hydrogens (primary N) is 2. The molecule has 3 aromatic carbocycles. The minimum absolute atomic E-state index is 0.0707. The van der Waals surface area contributed by atoms with E-state index in [0.29, 0.717) is 11.1 Å². The zero-order valence-electron chi connectivity index (χ0n) is 23.3. The maximum Gasteiger partial charge on any atom is 0.335 e. The number of carbonyl (C=O) groups is 4. The fourth-order valence-corrected chi connectivity index (χ4v) is 4.42. The lowest BCUT2D eigenvalue weighted by Gasteiger charge is -2.16.